The summed E-state index contributed by atoms with van der Waals surface area (Å²) in [6.07, 6.45) is 0. The third-order valence-corrected chi connectivity index (χ3v) is 2.87. The van der Waals surface area contributed by atoms with Gasteiger partial charge in [0.15, 0.2) is 0 Å². The van der Waals surface area contributed by atoms with E-state index in [1.165, 1.54) is 0 Å². The van der Waals surface area contributed by atoms with Crippen molar-refractivity contribution in [2.75, 3.05) is 0 Å². The van der Waals surface area contributed by atoms with Gasteiger partial charge in [0.1, 0.15) is 15.8 Å². The number of para-hydroxylation sites is 1. The van der Waals surface area contributed by atoms with Crippen LogP contribution in [-0.2, 0) is 0 Å². The summed E-state index contributed by atoms with van der Waals surface area (Å²) in [7, 11) is 0. The highest BCUT2D eigenvalue weighted by Gasteiger charge is 2.04. The Hall–Kier alpha value is -0.990. The molecule has 0 spiro atoms. The summed E-state index contributed by atoms with van der Waals surface area (Å²) in [5.41, 5.74) is 0.982. The molecule has 0 heterocycles. The molecular weight excluding hydrogens is 287 g/mol. The Morgan fingerprint density at radius 3 is 2.31 bits per heavy atom. The number of halogens is 2. The van der Waals surface area contributed by atoms with Crippen LogP contribution in [0.25, 0.3) is 0 Å². The molecule has 0 aliphatic rings. The number of hydrogen-bond acceptors (Lipinski definition) is 1. The van der Waals surface area contributed by atoms with Crippen molar-refractivity contribution in [2.45, 2.75) is 4.29 Å². The first kappa shape index (κ1) is 11.5. The van der Waals surface area contributed by atoms with Crippen molar-refractivity contribution in [3.05, 3.63) is 60.2 Å². The minimum Gasteiger partial charge on any atom is -0.457 e. The maximum Gasteiger partial charge on any atom is 0.127 e. The van der Waals surface area contributed by atoms with Gasteiger partial charge in [0, 0.05) is 0 Å². The van der Waals surface area contributed by atoms with E-state index in [4.69, 9.17) is 16.3 Å². The van der Waals surface area contributed by atoms with Gasteiger partial charge < -0.3 is 4.74 Å². The third kappa shape index (κ3) is 3.00. The van der Waals surface area contributed by atoms with Crippen molar-refractivity contribution >= 4 is 27.5 Å². The molecule has 0 saturated carbocycles. The minimum atomic E-state index is -0.188. The highest BCUT2D eigenvalue weighted by atomic mass is 79.9. The molecule has 0 aliphatic carbocycles. The lowest BCUT2D eigenvalue weighted by Gasteiger charge is -2.07. The zero-order chi connectivity index (χ0) is 11.4. The minimum absolute atomic E-state index is 0.188. The van der Waals surface area contributed by atoms with E-state index in [1.54, 1.807) is 0 Å². The molecule has 16 heavy (non-hydrogen) atoms. The molecule has 3 heteroatoms. The summed E-state index contributed by atoms with van der Waals surface area (Å²) in [6, 6.07) is 17.4. The summed E-state index contributed by atoms with van der Waals surface area (Å²) < 4.78 is 5.50. The molecule has 1 unspecified atom stereocenters. The standard InChI is InChI=1S/C13H10BrClO/c14-13(15)10-5-4-8-12(9-10)16-11-6-2-1-3-7-11/h1-9,13H. The first-order valence-corrected chi connectivity index (χ1v) is 6.22. The van der Waals surface area contributed by atoms with Crippen molar-refractivity contribution < 1.29 is 4.74 Å². The fraction of sp³-hybridized carbons (Fsp3) is 0.0769. The molecule has 0 radical (unpaired) electrons. The fourth-order valence-electron chi connectivity index (χ4n) is 1.34. The Labute approximate surface area is 108 Å². The van der Waals surface area contributed by atoms with Crippen LogP contribution in [0.3, 0.4) is 0 Å². The van der Waals surface area contributed by atoms with Crippen molar-refractivity contribution in [3.8, 4) is 11.5 Å². The lowest BCUT2D eigenvalue weighted by molar-refractivity contribution is 0.482. The van der Waals surface area contributed by atoms with Crippen LogP contribution < -0.4 is 4.74 Å². The van der Waals surface area contributed by atoms with Gasteiger partial charge in [0.05, 0.1) is 0 Å². The van der Waals surface area contributed by atoms with Crippen molar-refractivity contribution in [1.82, 2.24) is 0 Å². The zero-order valence-corrected chi connectivity index (χ0v) is 10.8. The van der Waals surface area contributed by atoms with Crippen molar-refractivity contribution in [3.63, 3.8) is 0 Å². The molecule has 0 bridgehead atoms. The summed E-state index contributed by atoms with van der Waals surface area (Å²) in [5.74, 6) is 1.61. The van der Waals surface area contributed by atoms with Crippen LogP contribution >= 0.6 is 27.5 Å². The van der Waals surface area contributed by atoms with Crippen molar-refractivity contribution in [1.29, 1.82) is 0 Å². The van der Waals surface area contributed by atoms with Crippen LogP contribution in [0.15, 0.2) is 54.6 Å². The Bertz CT molecular complexity index is 456. The number of ether oxygens (including phenoxy) is 1. The lowest BCUT2D eigenvalue weighted by atomic mass is 10.2. The van der Waals surface area contributed by atoms with E-state index in [2.05, 4.69) is 15.9 Å². The van der Waals surface area contributed by atoms with Crippen molar-refractivity contribution in [2.24, 2.45) is 0 Å². The SMILES string of the molecule is ClC(Br)c1cccc(Oc2ccccc2)c1. The molecule has 0 N–H and O–H groups in total. The van der Waals surface area contributed by atoms with Crippen LogP contribution in [0.2, 0.25) is 0 Å². The summed E-state index contributed by atoms with van der Waals surface area (Å²) in [5, 5.41) is 0. The molecular formula is C13H10BrClO. The Morgan fingerprint density at radius 1 is 0.938 bits per heavy atom. The Morgan fingerprint density at radius 2 is 1.62 bits per heavy atom. The van der Waals surface area contributed by atoms with Crippen LogP contribution in [0.1, 0.15) is 9.85 Å². The highest BCUT2D eigenvalue weighted by molar-refractivity contribution is 9.09. The average Bonchev–Trinajstić information content (AvgIpc) is 2.30. The summed E-state index contributed by atoms with van der Waals surface area (Å²) in [6.45, 7) is 0. The number of alkyl halides is 2. The van der Waals surface area contributed by atoms with Gasteiger partial charge in [-0.15, -0.1) is 11.6 Å². The van der Waals surface area contributed by atoms with Gasteiger partial charge in [0.25, 0.3) is 0 Å². The number of rotatable bonds is 3. The number of benzene rings is 2. The molecule has 0 aromatic heterocycles. The molecule has 1 atom stereocenters. The quantitative estimate of drug-likeness (QED) is 0.715. The van der Waals surface area contributed by atoms with Crippen LogP contribution in [0.5, 0.6) is 11.5 Å². The van der Waals surface area contributed by atoms with E-state index in [0.717, 1.165) is 17.1 Å². The predicted octanol–water partition coefficient (Wildman–Crippen LogP) is 5.11. The van der Waals surface area contributed by atoms with Gasteiger partial charge in [-0.2, -0.15) is 0 Å². The normalized spacial score (nSPS) is 12.1. The number of hydrogen-bond donors (Lipinski definition) is 0. The van der Waals surface area contributed by atoms with Gasteiger partial charge in [-0.25, -0.2) is 0 Å². The van der Waals surface area contributed by atoms with E-state index in [0.29, 0.717) is 0 Å². The lowest BCUT2D eigenvalue weighted by Crippen LogP contribution is -1.86. The summed E-state index contributed by atoms with van der Waals surface area (Å²) in [4.78, 5) is 0. The smallest absolute Gasteiger partial charge is 0.127 e. The molecule has 2 rings (SSSR count). The first-order valence-electron chi connectivity index (χ1n) is 4.87. The van der Waals surface area contributed by atoms with Crippen LogP contribution in [0.4, 0.5) is 0 Å². The van der Waals surface area contributed by atoms with E-state index in [1.807, 2.05) is 54.6 Å². The molecule has 0 fully saturated rings. The molecule has 1 nitrogen and oxygen atoms in total. The van der Waals surface area contributed by atoms with Gasteiger partial charge in [-0.05, 0) is 29.8 Å². The van der Waals surface area contributed by atoms with E-state index in [-0.39, 0.29) is 4.29 Å². The van der Waals surface area contributed by atoms with Gasteiger partial charge in [-0.1, -0.05) is 46.3 Å². The second kappa shape index (κ2) is 5.37. The average molecular weight is 298 g/mol. The molecule has 2 aromatic rings. The second-order valence-corrected chi connectivity index (χ2v) is 5.17. The first-order chi connectivity index (χ1) is 7.75. The fourth-order valence-corrected chi connectivity index (χ4v) is 1.76. The maximum absolute atomic E-state index is 5.94. The molecule has 0 amide bonds. The molecule has 2 aromatic carbocycles. The topological polar surface area (TPSA) is 9.23 Å². The monoisotopic (exact) mass is 296 g/mol. The van der Waals surface area contributed by atoms with E-state index in [9.17, 15) is 0 Å². The highest BCUT2D eigenvalue weighted by Crippen LogP contribution is 2.30. The van der Waals surface area contributed by atoms with Crippen LogP contribution in [0, 0.1) is 0 Å². The second-order valence-electron chi connectivity index (χ2n) is 3.29. The summed E-state index contributed by atoms with van der Waals surface area (Å²) >= 11 is 9.25. The zero-order valence-electron chi connectivity index (χ0n) is 8.44. The molecule has 0 saturated heterocycles. The van der Waals surface area contributed by atoms with E-state index >= 15 is 0 Å². The predicted molar refractivity (Wildman–Crippen MR) is 70.5 cm³/mol. The molecule has 0 aliphatic heterocycles. The Balaban J connectivity index is 2.19. The largest absolute Gasteiger partial charge is 0.457 e. The van der Waals surface area contributed by atoms with Gasteiger partial charge >= 0.3 is 0 Å². The van der Waals surface area contributed by atoms with Gasteiger partial charge in [-0.3, -0.25) is 0 Å². The maximum atomic E-state index is 5.94. The molecule has 82 valence electrons. The third-order valence-electron chi connectivity index (χ3n) is 2.09. The Kier molecular flexibility index (Phi) is 3.86. The van der Waals surface area contributed by atoms with Crippen LogP contribution in [-0.4, -0.2) is 0 Å². The van der Waals surface area contributed by atoms with E-state index < -0.39 is 0 Å². The van der Waals surface area contributed by atoms with Gasteiger partial charge in [0.2, 0.25) is 0 Å².